The Bertz CT molecular complexity index is 603. The van der Waals surface area contributed by atoms with E-state index in [1.165, 1.54) is 4.88 Å². The molecule has 0 unspecified atom stereocenters. The van der Waals surface area contributed by atoms with Gasteiger partial charge in [0.25, 0.3) is 0 Å². The van der Waals surface area contributed by atoms with E-state index in [1.54, 1.807) is 11.3 Å². The highest BCUT2D eigenvalue weighted by atomic mass is 32.1. The van der Waals surface area contributed by atoms with Crippen molar-refractivity contribution < 1.29 is 9.53 Å². The smallest absolute Gasteiger partial charge is 0.340 e. The number of esters is 1. The normalized spacial score (nSPS) is 11.7. The quantitative estimate of drug-likeness (QED) is 0.795. The highest BCUT2D eigenvalue weighted by Crippen LogP contribution is 2.21. The van der Waals surface area contributed by atoms with Crippen LogP contribution in [0.15, 0.2) is 23.6 Å². The molecule has 0 saturated carbocycles. The van der Waals surface area contributed by atoms with E-state index in [2.05, 4.69) is 16.0 Å². The summed E-state index contributed by atoms with van der Waals surface area (Å²) in [5.41, 5.74) is 2.24. The predicted octanol–water partition coefficient (Wildman–Crippen LogP) is 4.17. The molecule has 2 aromatic rings. The first-order valence-corrected chi connectivity index (χ1v) is 7.58. The fraction of sp³-hybridized carbons (Fsp3) is 0.438. The zero-order valence-corrected chi connectivity index (χ0v) is 13.5. The van der Waals surface area contributed by atoms with Crippen molar-refractivity contribution in [3.8, 4) is 0 Å². The summed E-state index contributed by atoms with van der Waals surface area (Å²) in [7, 11) is 0. The molecule has 0 aromatic carbocycles. The van der Waals surface area contributed by atoms with E-state index in [-0.39, 0.29) is 5.97 Å². The molecule has 20 heavy (non-hydrogen) atoms. The standard InChI is InChI=1S/C16H21NO2S/c1-11-9-14(15(18)19-16(3,4)5)12(2)17(11)10-13-7-6-8-20-13/h6-9H,10H2,1-5H3. The van der Waals surface area contributed by atoms with Crippen LogP contribution in [-0.4, -0.2) is 16.1 Å². The highest BCUT2D eigenvalue weighted by Gasteiger charge is 2.22. The van der Waals surface area contributed by atoms with Crippen LogP contribution in [0.2, 0.25) is 0 Å². The van der Waals surface area contributed by atoms with Gasteiger partial charge in [-0.15, -0.1) is 11.3 Å². The molecule has 0 amide bonds. The largest absolute Gasteiger partial charge is 0.456 e. The lowest BCUT2D eigenvalue weighted by atomic mass is 10.2. The number of aryl methyl sites for hydroxylation is 1. The van der Waals surface area contributed by atoms with Crippen molar-refractivity contribution in [1.29, 1.82) is 0 Å². The van der Waals surface area contributed by atoms with Crippen molar-refractivity contribution in [3.05, 3.63) is 45.4 Å². The molecule has 0 saturated heterocycles. The summed E-state index contributed by atoms with van der Waals surface area (Å²) in [4.78, 5) is 13.5. The average molecular weight is 291 g/mol. The first-order valence-electron chi connectivity index (χ1n) is 6.70. The van der Waals surface area contributed by atoms with Crippen LogP contribution in [0.4, 0.5) is 0 Å². The van der Waals surface area contributed by atoms with Crippen molar-refractivity contribution >= 4 is 17.3 Å². The van der Waals surface area contributed by atoms with Gasteiger partial charge in [-0.05, 0) is 52.1 Å². The molecule has 0 N–H and O–H groups in total. The first kappa shape index (κ1) is 14.9. The predicted molar refractivity (Wildman–Crippen MR) is 82.5 cm³/mol. The Morgan fingerprint density at radius 1 is 1.35 bits per heavy atom. The molecule has 2 aromatic heterocycles. The van der Waals surface area contributed by atoms with Crippen molar-refractivity contribution in [2.24, 2.45) is 0 Å². The Balaban J connectivity index is 2.27. The summed E-state index contributed by atoms with van der Waals surface area (Å²) in [5, 5.41) is 2.07. The third-order valence-electron chi connectivity index (χ3n) is 3.09. The van der Waals surface area contributed by atoms with Crippen LogP contribution in [0.5, 0.6) is 0 Å². The summed E-state index contributed by atoms with van der Waals surface area (Å²) in [6.45, 7) is 10.5. The van der Waals surface area contributed by atoms with E-state index in [0.29, 0.717) is 5.56 Å². The fourth-order valence-electron chi connectivity index (χ4n) is 2.14. The SMILES string of the molecule is Cc1cc(C(=O)OC(C)(C)C)c(C)n1Cc1cccs1. The molecule has 0 aliphatic carbocycles. The molecule has 0 aliphatic rings. The van der Waals surface area contributed by atoms with Crippen molar-refractivity contribution in [1.82, 2.24) is 4.57 Å². The minimum atomic E-state index is -0.465. The summed E-state index contributed by atoms with van der Waals surface area (Å²) in [6.07, 6.45) is 0. The lowest BCUT2D eigenvalue weighted by Crippen LogP contribution is -2.24. The van der Waals surface area contributed by atoms with E-state index >= 15 is 0 Å². The lowest BCUT2D eigenvalue weighted by molar-refractivity contribution is 0.00687. The highest BCUT2D eigenvalue weighted by molar-refractivity contribution is 7.09. The van der Waals surface area contributed by atoms with Crippen molar-refractivity contribution in [2.45, 2.75) is 46.8 Å². The summed E-state index contributed by atoms with van der Waals surface area (Å²) < 4.78 is 7.62. The molecule has 108 valence electrons. The molecule has 2 heterocycles. The second-order valence-electron chi connectivity index (χ2n) is 5.95. The van der Waals surface area contributed by atoms with Gasteiger partial charge >= 0.3 is 5.97 Å². The van der Waals surface area contributed by atoms with Gasteiger partial charge in [0.05, 0.1) is 12.1 Å². The molecule has 0 aliphatic heterocycles. The topological polar surface area (TPSA) is 31.2 Å². The van der Waals surface area contributed by atoms with Gasteiger partial charge in [-0.3, -0.25) is 0 Å². The Morgan fingerprint density at radius 2 is 2.05 bits per heavy atom. The maximum absolute atomic E-state index is 12.2. The Labute approximate surface area is 124 Å². The second kappa shape index (κ2) is 5.44. The van der Waals surface area contributed by atoms with Gasteiger partial charge in [0.2, 0.25) is 0 Å². The van der Waals surface area contributed by atoms with Crippen LogP contribution >= 0.6 is 11.3 Å². The molecule has 4 heteroatoms. The van der Waals surface area contributed by atoms with Gasteiger partial charge < -0.3 is 9.30 Å². The van der Waals surface area contributed by atoms with E-state index in [4.69, 9.17) is 4.74 Å². The van der Waals surface area contributed by atoms with Gasteiger partial charge in [0.15, 0.2) is 0 Å². The molecule has 0 atom stereocenters. The van der Waals surface area contributed by atoms with E-state index in [1.807, 2.05) is 46.8 Å². The van der Waals surface area contributed by atoms with Crippen LogP contribution in [0.25, 0.3) is 0 Å². The number of carbonyl (C=O) groups is 1. The van der Waals surface area contributed by atoms with Crippen LogP contribution < -0.4 is 0 Å². The third-order valence-corrected chi connectivity index (χ3v) is 3.95. The van der Waals surface area contributed by atoms with Gasteiger partial charge in [-0.2, -0.15) is 0 Å². The summed E-state index contributed by atoms with van der Waals surface area (Å²) in [6, 6.07) is 6.07. The zero-order valence-electron chi connectivity index (χ0n) is 12.7. The number of hydrogen-bond donors (Lipinski definition) is 0. The average Bonchev–Trinajstić information content (AvgIpc) is 2.90. The summed E-state index contributed by atoms with van der Waals surface area (Å²) >= 11 is 1.73. The number of nitrogens with zero attached hydrogens (tertiary/aromatic N) is 1. The van der Waals surface area contributed by atoms with Crippen molar-refractivity contribution in [2.75, 3.05) is 0 Å². The molecule has 2 rings (SSSR count). The Hall–Kier alpha value is -1.55. The van der Waals surface area contributed by atoms with Gasteiger partial charge in [0, 0.05) is 16.3 Å². The number of carbonyl (C=O) groups excluding carboxylic acids is 1. The molecule has 0 fully saturated rings. The number of hydrogen-bond acceptors (Lipinski definition) is 3. The molecule has 0 bridgehead atoms. The second-order valence-corrected chi connectivity index (χ2v) is 6.98. The first-order chi connectivity index (χ1) is 9.28. The minimum Gasteiger partial charge on any atom is -0.456 e. The van der Waals surface area contributed by atoms with Crippen LogP contribution in [0, 0.1) is 13.8 Å². The van der Waals surface area contributed by atoms with Crippen molar-refractivity contribution in [3.63, 3.8) is 0 Å². The number of ether oxygens (including phenoxy) is 1. The molecule has 0 spiro atoms. The van der Waals surface area contributed by atoms with Crippen LogP contribution in [0.3, 0.4) is 0 Å². The van der Waals surface area contributed by atoms with E-state index in [9.17, 15) is 4.79 Å². The van der Waals surface area contributed by atoms with E-state index in [0.717, 1.165) is 17.9 Å². The van der Waals surface area contributed by atoms with Crippen LogP contribution in [0.1, 0.15) is 47.4 Å². The van der Waals surface area contributed by atoms with Gasteiger partial charge in [-0.1, -0.05) is 6.07 Å². The number of rotatable bonds is 3. The maximum atomic E-state index is 12.2. The van der Waals surface area contributed by atoms with Crippen LogP contribution in [-0.2, 0) is 11.3 Å². The fourth-order valence-corrected chi connectivity index (χ4v) is 2.84. The Morgan fingerprint density at radius 3 is 2.60 bits per heavy atom. The minimum absolute atomic E-state index is 0.247. The zero-order chi connectivity index (χ0) is 14.9. The molecular formula is C16H21NO2S. The maximum Gasteiger partial charge on any atom is 0.340 e. The third kappa shape index (κ3) is 3.31. The van der Waals surface area contributed by atoms with Gasteiger partial charge in [0.1, 0.15) is 5.60 Å². The number of thiophene rings is 1. The molecular weight excluding hydrogens is 270 g/mol. The van der Waals surface area contributed by atoms with E-state index < -0.39 is 5.60 Å². The molecule has 0 radical (unpaired) electrons. The number of aromatic nitrogens is 1. The molecule has 3 nitrogen and oxygen atoms in total. The lowest BCUT2D eigenvalue weighted by Gasteiger charge is -2.19. The summed E-state index contributed by atoms with van der Waals surface area (Å²) in [5.74, 6) is -0.247. The monoisotopic (exact) mass is 291 g/mol. The van der Waals surface area contributed by atoms with Gasteiger partial charge in [-0.25, -0.2) is 4.79 Å². The Kier molecular flexibility index (Phi) is 4.04.